The minimum atomic E-state index is 0.0182. The van der Waals surface area contributed by atoms with Crippen molar-refractivity contribution in [3.63, 3.8) is 0 Å². The number of aliphatic hydroxyl groups excluding tert-OH is 1. The maximum Gasteiger partial charge on any atom is 0.123 e. The highest BCUT2D eigenvalue weighted by Crippen LogP contribution is 2.17. The van der Waals surface area contributed by atoms with E-state index in [4.69, 9.17) is 9.84 Å². The zero-order chi connectivity index (χ0) is 16.6. The first-order valence-corrected chi connectivity index (χ1v) is 7.98. The molecule has 1 aromatic heterocycles. The van der Waals surface area contributed by atoms with E-state index in [-0.39, 0.29) is 6.61 Å². The fourth-order valence-corrected chi connectivity index (χ4v) is 2.48. The van der Waals surface area contributed by atoms with Gasteiger partial charge in [-0.25, -0.2) is 4.68 Å². The number of para-hydroxylation sites is 1. The van der Waals surface area contributed by atoms with Gasteiger partial charge in [0.1, 0.15) is 12.4 Å². The molecule has 0 aliphatic carbocycles. The lowest BCUT2D eigenvalue weighted by Gasteiger charge is -2.11. The molecule has 0 amide bonds. The van der Waals surface area contributed by atoms with Crippen molar-refractivity contribution >= 4 is 0 Å². The second kappa shape index (κ2) is 8.29. The summed E-state index contributed by atoms with van der Waals surface area (Å²) in [5.41, 5.74) is 3.34. The van der Waals surface area contributed by atoms with Crippen molar-refractivity contribution in [2.75, 3.05) is 13.2 Å². The molecule has 0 aliphatic heterocycles. The van der Waals surface area contributed by atoms with Gasteiger partial charge in [-0.1, -0.05) is 30.3 Å². The number of benzene rings is 2. The van der Waals surface area contributed by atoms with Crippen LogP contribution >= 0.6 is 0 Å². The van der Waals surface area contributed by atoms with E-state index in [1.165, 1.54) is 5.56 Å². The average Bonchev–Trinajstić information content (AvgIpc) is 3.16. The van der Waals surface area contributed by atoms with E-state index in [9.17, 15) is 0 Å². The Hall–Kier alpha value is -2.63. The van der Waals surface area contributed by atoms with Crippen molar-refractivity contribution in [2.45, 2.75) is 13.1 Å². The second-order valence-electron chi connectivity index (χ2n) is 5.40. The standard InChI is InChI=1S/C19H21N3O2/c23-12-13-24-19-5-2-1-4-17(19)15-20-14-16-6-8-18(9-7-16)22-11-3-10-21-22/h1-11,20,23H,12-15H2. The number of hydrogen-bond donors (Lipinski definition) is 2. The van der Waals surface area contributed by atoms with Crippen LogP contribution in [0.2, 0.25) is 0 Å². The van der Waals surface area contributed by atoms with Crippen LogP contribution in [0.3, 0.4) is 0 Å². The predicted molar refractivity (Wildman–Crippen MR) is 93.1 cm³/mol. The molecule has 0 radical (unpaired) electrons. The molecule has 24 heavy (non-hydrogen) atoms. The molecule has 0 bridgehead atoms. The van der Waals surface area contributed by atoms with Gasteiger partial charge >= 0.3 is 0 Å². The molecule has 0 atom stereocenters. The van der Waals surface area contributed by atoms with E-state index in [0.717, 1.165) is 23.5 Å². The monoisotopic (exact) mass is 323 g/mol. The van der Waals surface area contributed by atoms with Gasteiger partial charge in [0.25, 0.3) is 0 Å². The Morgan fingerprint density at radius 2 is 1.83 bits per heavy atom. The van der Waals surface area contributed by atoms with E-state index in [2.05, 4.69) is 34.7 Å². The summed E-state index contributed by atoms with van der Waals surface area (Å²) in [7, 11) is 0. The molecule has 5 heteroatoms. The molecule has 0 unspecified atom stereocenters. The summed E-state index contributed by atoms with van der Waals surface area (Å²) in [6.45, 7) is 1.81. The third-order valence-electron chi connectivity index (χ3n) is 3.67. The highest BCUT2D eigenvalue weighted by Gasteiger charge is 2.03. The van der Waals surface area contributed by atoms with Gasteiger partial charge in [0, 0.05) is 31.0 Å². The first kappa shape index (κ1) is 16.2. The summed E-state index contributed by atoms with van der Waals surface area (Å²) in [6, 6.07) is 18.1. The SMILES string of the molecule is OCCOc1ccccc1CNCc1ccc(-n2cccn2)cc1. The number of aliphatic hydroxyl groups is 1. The van der Waals surface area contributed by atoms with E-state index in [1.54, 1.807) is 6.20 Å². The summed E-state index contributed by atoms with van der Waals surface area (Å²) in [5, 5.41) is 16.5. The van der Waals surface area contributed by atoms with E-state index < -0.39 is 0 Å². The predicted octanol–water partition coefficient (Wildman–Crippen LogP) is 2.53. The van der Waals surface area contributed by atoms with E-state index in [1.807, 2.05) is 41.2 Å². The topological polar surface area (TPSA) is 59.3 Å². The highest BCUT2D eigenvalue weighted by atomic mass is 16.5. The quantitative estimate of drug-likeness (QED) is 0.669. The number of nitrogens with one attached hydrogen (secondary N) is 1. The summed E-state index contributed by atoms with van der Waals surface area (Å²) in [5.74, 6) is 0.813. The lowest BCUT2D eigenvalue weighted by atomic mass is 10.1. The molecule has 0 aliphatic rings. The van der Waals surface area contributed by atoms with Gasteiger partial charge in [-0.05, 0) is 29.8 Å². The maximum absolute atomic E-state index is 8.89. The van der Waals surface area contributed by atoms with Crippen LogP contribution in [0.4, 0.5) is 0 Å². The van der Waals surface area contributed by atoms with Gasteiger partial charge in [-0.3, -0.25) is 0 Å². The minimum absolute atomic E-state index is 0.0182. The number of ether oxygens (including phenoxy) is 1. The van der Waals surface area contributed by atoms with Crippen LogP contribution in [0.25, 0.3) is 5.69 Å². The van der Waals surface area contributed by atoms with Crippen molar-refractivity contribution in [2.24, 2.45) is 0 Å². The average molecular weight is 323 g/mol. The second-order valence-corrected chi connectivity index (χ2v) is 5.40. The minimum Gasteiger partial charge on any atom is -0.491 e. The van der Waals surface area contributed by atoms with Gasteiger partial charge in [-0.2, -0.15) is 5.10 Å². The third-order valence-corrected chi connectivity index (χ3v) is 3.67. The molecule has 5 nitrogen and oxygen atoms in total. The van der Waals surface area contributed by atoms with Crippen molar-refractivity contribution in [3.05, 3.63) is 78.1 Å². The molecule has 124 valence electrons. The van der Waals surface area contributed by atoms with Gasteiger partial charge in [0.2, 0.25) is 0 Å². The summed E-state index contributed by atoms with van der Waals surface area (Å²) < 4.78 is 7.39. The lowest BCUT2D eigenvalue weighted by Crippen LogP contribution is -2.14. The number of rotatable bonds is 8. The Bertz CT molecular complexity index is 740. The van der Waals surface area contributed by atoms with Crippen LogP contribution in [-0.2, 0) is 13.1 Å². The highest BCUT2D eigenvalue weighted by molar-refractivity contribution is 5.35. The zero-order valence-electron chi connectivity index (χ0n) is 13.4. The third kappa shape index (κ3) is 4.22. The van der Waals surface area contributed by atoms with Crippen LogP contribution in [0, 0.1) is 0 Å². The van der Waals surface area contributed by atoms with Gasteiger partial charge in [-0.15, -0.1) is 0 Å². The van der Waals surface area contributed by atoms with Crippen molar-refractivity contribution in [1.29, 1.82) is 0 Å². The van der Waals surface area contributed by atoms with Crippen LogP contribution in [0.1, 0.15) is 11.1 Å². The molecule has 1 heterocycles. The Morgan fingerprint density at radius 1 is 1.00 bits per heavy atom. The molecule has 0 saturated heterocycles. The Morgan fingerprint density at radius 3 is 2.58 bits per heavy atom. The molecular formula is C19H21N3O2. The Kier molecular flexibility index (Phi) is 5.61. The van der Waals surface area contributed by atoms with E-state index in [0.29, 0.717) is 13.2 Å². The lowest BCUT2D eigenvalue weighted by molar-refractivity contribution is 0.200. The van der Waals surface area contributed by atoms with Gasteiger partial charge in [0.15, 0.2) is 0 Å². The van der Waals surface area contributed by atoms with Crippen molar-refractivity contribution in [1.82, 2.24) is 15.1 Å². The number of aromatic nitrogens is 2. The van der Waals surface area contributed by atoms with Crippen molar-refractivity contribution in [3.8, 4) is 11.4 Å². The molecule has 0 spiro atoms. The molecule has 2 N–H and O–H groups in total. The summed E-state index contributed by atoms with van der Waals surface area (Å²) >= 11 is 0. The van der Waals surface area contributed by atoms with Crippen LogP contribution in [-0.4, -0.2) is 28.1 Å². The Balaban J connectivity index is 1.55. The molecule has 0 saturated carbocycles. The molecule has 3 aromatic rings. The molecule has 0 fully saturated rings. The number of nitrogens with zero attached hydrogens (tertiary/aromatic N) is 2. The fraction of sp³-hybridized carbons (Fsp3) is 0.211. The first-order chi connectivity index (χ1) is 11.9. The smallest absolute Gasteiger partial charge is 0.123 e. The maximum atomic E-state index is 8.89. The largest absolute Gasteiger partial charge is 0.491 e. The van der Waals surface area contributed by atoms with Crippen LogP contribution in [0.5, 0.6) is 5.75 Å². The molecule has 3 rings (SSSR count). The van der Waals surface area contributed by atoms with Gasteiger partial charge < -0.3 is 15.2 Å². The molecule has 2 aromatic carbocycles. The van der Waals surface area contributed by atoms with Crippen LogP contribution in [0.15, 0.2) is 67.0 Å². The van der Waals surface area contributed by atoms with Crippen molar-refractivity contribution < 1.29 is 9.84 Å². The normalized spacial score (nSPS) is 10.7. The summed E-state index contributed by atoms with van der Waals surface area (Å²) in [6.07, 6.45) is 3.70. The van der Waals surface area contributed by atoms with Gasteiger partial charge in [0.05, 0.1) is 12.3 Å². The fourth-order valence-electron chi connectivity index (χ4n) is 2.48. The summed E-state index contributed by atoms with van der Waals surface area (Å²) in [4.78, 5) is 0. The molecular weight excluding hydrogens is 302 g/mol. The van der Waals surface area contributed by atoms with Crippen LogP contribution < -0.4 is 10.1 Å². The zero-order valence-corrected chi connectivity index (χ0v) is 13.4. The first-order valence-electron chi connectivity index (χ1n) is 7.98. The Labute approximate surface area is 141 Å². The number of hydrogen-bond acceptors (Lipinski definition) is 4. The van der Waals surface area contributed by atoms with E-state index >= 15 is 0 Å².